The molecule has 1 aromatic rings. The van der Waals surface area contributed by atoms with E-state index in [-0.39, 0.29) is 17.2 Å². The molecule has 23 heavy (non-hydrogen) atoms. The first-order valence-electron chi connectivity index (χ1n) is 8.36. The molecule has 126 valence electrons. The van der Waals surface area contributed by atoms with Gasteiger partial charge in [-0.2, -0.15) is 0 Å². The van der Waals surface area contributed by atoms with Crippen LogP contribution in [0.1, 0.15) is 43.0 Å². The fourth-order valence-corrected chi connectivity index (χ4v) is 5.34. The number of nitrogens with zero attached hydrogens (tertiary/aromatic N) is 1. The summed E-state index contributed by atoms with van der Waals surface area (Å²) in [5.74, 6) is -0.0242. The van der Waals surface area contributed by atoms with Crippen molar-refractivity contribution in [2.75, 3.05) is 19.6 Å². The Morgan fingerprint density at radius 3 is 2.43 bits per heavy atom. The maximum atomic E-state index is 12.6. The number of rotatable bonds is 3. The molecule has 5 nitrogen and oxygen atoms in total. The molecule has 3 rings (SSSR count). The van der Waals surface area contributed by atoms with Gasteiger partial charge in [0, 0.05) is 31.2 Å². The monoisotopic (exact) mass is 336 g/mol. The highest BCUT2D eigenvalue weighted by Crippen LogP contribution is 2.29. The van der Waals surface area contributed by atoms with Crippen LogP contribution in [0.5, 0.6) is 0 Å². The van der Waals surface area contributed by atoms with Crippen molar-refractivity contribution < 1.29 is 13.2 Å². The topological polar surface area (TPSA) is 66.5 Å². The van der Waals surface area contributed by atoms with Gasteiger partial charge in [0.2, 0.25) is 0 Å². The van der Waals surface area contributed by atoms with Crippen LogP contribution in [0.4, 0.5) is 0 Å². The van der Waals surface area contributed by atoms with E-state index in [0.717, 1.165) is 38.8 Å². The van der Waals surface area contributed by atoms with Crippen LogP contribution >= 0.6 is 0 Å². The molecule has 1 aromatic carbocycles. The molecular weight excluding hydrogens is 312 g/mol. The highest BCUT2D eigenvalue weighted by molar-refractivity contribution is 7.92. The Bertz CT molecular complexity index is 664. The van der Waals surface area contributed by atoms with Crippen LogP contribution in [0.15, 0.2) is 29.2 Å². The van der Waals surface area contributed by atoms with Crippen molar-refractivity contribution >= 4 is 15.7 Å². The number of carbonyl (C=O) groups is 1. The average molecular weight is 336 g/mol. The maximum Gasteiger partial charge on any atom is 0.254 e. The molecule has 1 heterocycles. The molecule has 1 aliphatic heterocycles. The summed E-state index contributed by atoms with van der Waals surface area (Å²) in [6.07, 6.45) is 3.48. The third-order valence-electron chi connectivity index (χ3n) is 4.93. The number of hydrogen-bond donors (Lipinski definition) is 1. The summed E-state index contributed by atoms with van der Waals surface area (Å²) < 4.78 is 25.1. The summed E-state index contributed by atoms with van der Waals surface area (Å²) in [5.41, 5.74) is 0.559. The van der Waals surface area contributed by atoms with Crippen molar-refractivity contribution in [1.82, 2.24) is 10.2 Å². The second kappa shape index (κ2) is 6.61. The molecule has 6 heteroatoms. The normalized spacial score (nSPS) is 23.2. The van der Waals surface area contributed by atoms with E-state index >= 15 is 0 Å². The summed E-state index contributed by atoms with van der Waals surface area (Å²) in [6.45, 7) is 4.29. The summed E-state index contributed by atoms with van der Waals surface area (Å²) in [5, 5.41) is 3.01. The van der Waals surface area contributed by atoms with Crippen molar-refractivity contribution in [3.63, 3.8) is 0 Å². The van der Waals surface area contributed by atoms with E-state index in [4.69, 9.17) is 0 Å². The van der Waals surface area contributed by atoms with Gasteiger partial charge in [0.25, 0.3) is 5.91 Å². The van der Waals surface area contributed by atoms with Gasteiger partial charge in [-0.3, -0.25) is 4.79 Å². The lowest BCUT2D eigenvalue weighted by Gasteiger charge is -2.34. The molecule has 0 aromatic heterocycles. The molecule has 1 amide bonds. The van der Waals surface area contributed by atoms with Gasteiger partial charge in [0.05, 0.1) is 10.1 Å². The number of amides is 1. The van der Waals surface area contributed by atoms with Crippen molar-refractivity contribution in [2.24, 2.45) is 0 Å². The van der Waals surface area contributed by atoms with E-state index in [9.17, 15) is 13.2 Å². The number of carbonyl (C=O) groups excluding carboxylic acids is 1. The number of nitrogens with one attached hydrogen (secondary N) is 1. The average Bonchev–Trinajstić information content (AvgIpc) is 3.10. The number of piperazine rings is 1. The van der Waals surface area contributed by atoms with Crippen LogP contribution in [0.25, 0.3) is 0 Å². The standard InChI is InChI=1S/C17H24N2O3S/c1-13-12-18-10-11-19(13)17(20)14-6-8-16(9-7-14)23(21,22)15-4-2-3-5-15/h6-9,13,15,18H,2-5,10-12H2,1H3/t13-/m0/s1. The Balaban J connectivity index is 1.77. The van der Waals surface area contributed by atoms with Gasteiger partial charge in [-0.1, -0.05) is 12.8 Å². The third-order valence-corrected chi connectivity index (χ3v) is 7.21. The molecule has 0 bridgehead atoms. The van der Waals surface area contributed by atoms with Crippen LogP contribution in [-0.4, -0.2) is 50.2 Å². The Kier molecular flexibility index (Phi) is 4.73. The van der Waals surface area contributed by atoms with Crippen LogP contribution in [0.3, 0.4) is 0 Å². The predicted octanol–water partition coefficient (Wildman–Crippen LogP) is 1.84. The van der Waals surface area contributed by atoms with Gasteiger partial charge in [0.1, 0.15) is 0 Å². The molecule has 1 saturated carbocycles. The lowest BCUT2D eigenvalue weighted by Crippen LogP contribution is -2.52. The zero-order chi connectivity index (χ0) is 16.4. The summed E-state index contributed by atoms with van der Waals surface area (Å²) in [7, 11) is -3.25. The molecule has 1 aliphatic carbocycles. The number of hydrogen-bond acceptors (Lipinski definition) is 4. The van der Waals surface area contributed by atoms with Crippen molar-refractivity contribution in [2.45, 2.75) is 48.8 Å². The van der Waals surface area contributed by atoms with Crippen LogP contribution in [0.2, 0.25) is 0 Å². The minimum absolute atomic E-state index is 0.0242. The summed E-state index contributed by atoms with van der Waals surface area (Å²) in [6, 6.07) is 6.64. The van der Waals surface area contributed by atoms with Crippen molar-refractivity contribution in [1.29, 1.82) is 0 Å². The van der Waals surface area contributed by atoms with E-state index < -0.39 is 9.84 Å². The molecule has 2 fully saturated rings. The number of benzene rings is 1. The molecular formula is C17H24N2O3S. The second-order valence-corrected chi connectivity index (χ2v) is 8.76. The highest BCUT2D eigenvalue weighted by atomic mass is 32.2. The quantitative estimate of drug-likeness (QED) is 0.914. The molecule has 0 spiro atoms. The van der Waals surface area contributed by atoms with Gasteiger partial charge in [0.15, 0.2) is 9.84 Å². The van der Waals surface area contributed by atoms with E-state index in [1.54, 1.807) is 24.3 Å². The summed E-state index contributed by atoms with van der Waals surface area (Å²) in [4.78, 5) is 14.8. The van der Waals surface area contributed by atoms with E-state index in [1.807, 2.05) is 11.8 Å². The highest BCUT2D eigenvalue weighted by Gasteiger charge is 2.30. The maximum absolute atomic E-state index is 12.6. The van der Waals surface area contributed by atoms with Crippen molar-refractivity contribution in [3.05, 3.63) is 29.8 Å². The molecule has 0 unspecified atom stereocenters. The second-order valence-electron chi connectivity index (χ2n) is 6.53. The van der Waals surface area contributed by atoms with E-state index in [2.05, 4.69) is 5.32 Å². The van der Waals surface area contributed by atoms with Crippen molar-refractivity contribution in [3.8, 4) is 0 Å². The molecule has 2 aliphatic rings. The summed E-state index contributed by atoms with van der Waals surface area (Å²) >= 11 is 0. The fourth-order valence-electron chi connectivity index (χ4n) is 3.49. The lowest BCUT2D eigenvalue weighted by atomic mass is 10.1. The minimum Gasteiger partial charge on any atom is -0.333 e. The van der Waals surface area contributed by atoms with Gasteiger partial charge >= 0.3 is 0 Å². The lowest BCUT2D eigenvalue weighted by molar-refractivity contribution is 0.0655. The first-order valence-corrected chi connectivity index (χ1v) is 9.90. The zero-order valence-electron chi connectivity index (χ0n) is 13.5. The Morgan fingerprint density at radius 2 is 1.83 bits per heavy atom. The molecule has 1 atom stereocenters. The van der Waals surface area contributed by atoms with Gasteiger partial charge in [-0.25, -0.2) is 8.42 Å². The van der Waals surface area contributed by atoms with Gasteiger partial charge in [-0.15, -0.1) is 0 Å². The van der Waals surface area contributed by atoms with Crippen LogP contribution in [0, 0.1) is 0 Å². The van der Waals surface area contributed by atoms with Crippen LogP contribution in [-0.2, 0) is 9.84 Å². The van der Waals surface area contributed by atoms with E-state index in [0.29, 0.717) is 17.0 Å². The SMILES string of the molecule is C[C@H]1CNCCN1C(=O)c1ccc(S(=O)(=O)C2CCCC2)cc1. The minimum atomic E-state index is -3.25. The number of sulfone groups is 1. The Hall–Kier alpha value is -1.40. The third kappa shape index (κ3) is 3.28. The first kappa shape index (κ1) is 16.5. The smallest absolute Gasteiger partial charge is 0.254 e. The Morgan fingerprint density at radius 1 is 1.17 bits per heavy atom. The Labute approximate surface area is 138 Å². The predicted molar refractivity (Wildman–Crippen MR) is 89.3 cm³/mol. The molecule has 1 N–H and O–H groups in total. The first-order chi connectivity index (χ1) is 11.0. The molecule has 0 radical (unpaired) electrons. The zero-order valence-corrected chi connectivity index (χ0v) is 14.3. The van der Waals surface area contributed by atoms with E-state index in [1.165, 1.54) is 0 Å². The van der Waals surface area contributed by atoms with Gasteiger partial charge < -0.3 is 10.2 Å². The molecule has 1 saturated heterocycles. The van der Waals surface area contributed by atoms with Gasteiger partial charge in [-0.05, 0) is 44.0 Å². The largest absolute Gasteiger partial charge is 0.333 e. The fraction of sp³-hybridized carbons (Fsp3) is 0.588. The van der Waals surface area contributed by atoms with Crippen LogP contribution < -0.4 is 5.32 Å².